The van der Waals surface area contributed by atoms with Crippen molar-refractivity contribution in [1.82, 2.24) is 5.32 Å². The summed E-state index contributed by atoms with van der Waals surface area (Å²) in [6, 6.07) is 0. The molecule has 0 bridgehead atoms. The van der Waals surface area contributed by atoms with Crippen LogP contribution in [0.25, 0.3) is 0 Å². The first-order chi connectivity index (χ1) is 6.63. The van der Waals surface area contributed by atoms with Crippen LogP contribution in [-0.4, -0.2) is 46.2 Å². The molecule has 1 aliphatic rings. The Kier molecular flexibility index (Phi) is 17.5. The molecule has 0 aliphatic carbocycles. The number of carboxylic acids is 2. The summed E-state index contributed by atoms with van der Waals surface area (Å²) in [6.45, 7) is 2.50. The number of rotatable bonds is 5. The van der Waals surface area contributed by atoms with Crippen molar-refractivity contribution in [2.45, 2.75) is 32.1 Å². The Hall–Kier alpha value is -1.18. The summed E-state index contributed by atoms with van der Waals surface area (Å²) in [4.78, 5) is 19.8. The summed E-state index contributed by atoms with van der Waals surface area (Å²) < 4.78 is 0. The number of carboxylic acid groups (broad SMARTS) is 2. The van der Waals surface area contributed by atoms with Crippen LogP contribution in [0.2, 0.25) is 0 Å². The van der Waals surface area contributed by atoms with E-state index in [-0.39, 0.29) is 23.8 Å². The van der Waals surface area contributed by atoms with Gasteiger partial charge in [-0.15, -0.1) is 0 Å². The molecule has 7 heteroatoms. The number of hydrogen-bond donors (Lipinski definition) is 3. The van der Waals surface area contributed by atoms with Gasteiger partial charge in [0.05, 0.1) is 0 Å². The molecule has 7 nitrogen and oxygen atoms in total. The fourth-order valence-corrected chi connectivity index (χ4v) is 0.729. The molecule has 7 N–H and O–H groups in total. The van der Waals surface area contributed by atoms with Crippen molar-refractivity contribution in [2.24, 2.45) is 0 Å². The minimum Gasteiger partial charge on any atom is -0.481 e. The number of hydrogen-bond acceptors (Lipinski definition) is 3. The molecule has 0 spiro atoms. The van der Waals surface area contributed by atoms with Crippen molar-refractivity contribution >= 4 is 11.9 Å². The van der Waals surface area contributed by atoms with Gasteiger partial charge in [-0.3, -0.25) is 9.59 Å². The van der Waals surface area contributed by atoms with Gasteiger partial charge in [-0.1, -0.05) is 0 Å². The van der Waals surface area contributed by atoms with E-state index >= 15 is 0 Å². The summed E-state index contributed by atoms with van der Waals surface area (Å²) in [6.07, 6.45) is 2.41. The van der Waals surface area contributed by atoms with Crippen molar-refractivity contribution in [3.05, 3.63) is 0 Å². The highest BCUT2D eigenvalue weighted by Crippen LogP contribution is 1.98. The molecule has 0 atom stereocenters. The molecule has 98 valence electrons. The van der Waals surface area contributed by atoms with Crippen molar-refractivity contribution < 1.29 is 30.8 Å². The molecule has 1 rings (SSSR count). The number of aliphatic carboxylic acids is 2. The van der Waals surface area contributed by atoms with E-state index in [0.717, 1.165) is 0 Å². The SMILES string of the molecule is C1CNC1.O.O.O=C(O)CCCCC(=O)O. The van der Waals surface area contributed by atoms with E-state index in [9.17, 15) is 9.59 Å². The lowest BCUT2D eigenvalue weighted by Crippen LogP contribution is -2.29. The second-order valence-electron chi connectivity index (χ2n) is 3.10. The highest BCUT2D eigenvalue weighted by Gasteiger charge is 1.99. The van der Waals surface area contributed by atoms with Gasteiger partial charge in [0.25, 0.3) is 0 Å². The van der Waals surface area contributed by atoms with Crippen molar-refractivity contribution in [2.75, 3.05) is 13.1 Å². The van der Waals surface area contributed by atoms with Crippen molar-refractivity contribution in [1.29, 1.82) is 0 Å². The molecule has 0 aromatic heterocycles. The topological polar surface area (TPSA) is 150 Å². The lowest BCUT2D eigenvalue weighted by molar-refractivity contribution is -0.139. The van der Waals surface area contributed by atoms with Gasteiger partial charge in [0.1, 0.15) is 0 Å². The van der Waals surface area contributed by atoms with E-state index in [1.165, 1.54) is 19.5 Å². The van der Waals surface area contributed by atoms with Gasteiger partial charge in [0.2, 0.25) is 0 Å². The van der Waals surface area contributed by atoms with Crippen LogP contribution < -0.4 is 5.32 Å². The monoisotopic (exact) mass is 239 g/mol. The van der Waals surface area contributed by atoms with E-state index in [4.69, 9.17) is 10.2 Å². The number of nitrogens with one attached hydrogen (secondary N) is 1. The Morgan fingerprint density at radius 1 is 0.938 bits per heavy atom. The fourth-order valence-electron chi connectivity index (χ4n) is 0.729. The third kappa shape index (κ3) is 18.6. The Morgan fingerprint density at radius 3 is 1.31 bits per heavy atom. The normalized spacial score (nSPS) is 11.8. The molecule has 1 heterocycles. The largest absolute Gasteiger partial charge is 0.481 e. The van der Waals surface area contributed by atoms with Gasteiger partial charge in [-0.2, -0.15) is 0 Å². The van der Waals surface area contributed by atoms with Crippen molar-refractivity contribution in [3.63, 3.8) is 0 Å². The van der Waals surface area contributed by atoms with Crippen molar-refractivity contribution in [3.8, 4) is 0 Å². The Balaban J connectivity index is -0.000000238. The van der Waals surface area contributed by atoms with Crippen LogP contribution in [0, 0.1) is 0 Å². The molecule has 1 fully saturated rings. The quantitative estimate of drug-likeness (QED) is 0.528. The molecule has 16 heavy (non-hydrogen) atoms. The van der Waals surface area contributed by atoms with Crippen LogP contribution in [0.15, 0.2) is 0 Å². The van der Waals surface area contributed by atoms with E-state index in [0.29, 0.717) is 12.8 Å². The molecule has 0 radical (unpaired) electrons. The Labute approximate surface area is 94.1 Å². The zero-order valence-corrected chi connectivity index (χ0v) is 9.16. The molecular formula is C9H21NO6. The minimum absolute atomic E-state index is 0. The molecular weight excluding hydrogens is 218 g/mol. The van der Waals surface area contributed by atoms with E-state index in [2.05, 4.69) is 5.32 Å². The molecule has 0 amide bonds. The van der Waals surface area contributed by atoms with Crippen LogP contribution in [-0.2, 0) is 9.59 Å². The summed E-state index contributed by atoms with van der Waals surface area (Å²) in [5, 5.41) is 19.4. The first-order valence-electron chi connectivity index (χ1n) is 4.77. The van der Waals surface area contributed by atoms with Crippen LogP contribution in [0.5, 0.6) is 0 Å². The molecule has 0 aromatic carbocycles. The third-order valence-corrected chi connectivity index (χ3v) is 1.74. The molecule has 1 saturated heterocycles. The second kappa shape index (κ2) is 13.8. The highest BCUT2D eigenvalue weighted by atomic mass is 16.4. The average molecular weight is 239 g/mol. The Bertz CT molecular complexity index is 161. The van der Waals surface area contributed by atoms with Gasteiger partial charge in [-0.05, 0) is 32.4 Å². The second-order valence-corrected chi connectivity index (χ2v) is 3.10. The smallest absolute Gasteiger partial charge is 0.303 e. The van der Waals surface area contributed by atoms with Crippen LogP contribution in [0.4, 0.5) is 0 Å². The lowest BCUT2D eigenvalue weighted by Gasteiger charge is -2.09. The summed E-state index contributed by atoms with van der Waals surface area (Å²) >= 11 is 0. The third-order valence-electron chi connectivity index (χ3n) is 1.74. The lowest BCUT2D eigenvalue weighted by atomic mass is 10.2. The minimum atomic E-state index is -0.870. The zero-order chi connectivity index (χ0) is 10.8. The summed E-state index contributed by atoms with van der Waals surface area (Å²) in [7, 11) is 0. The average Bonchev–Trinajstić information content (AvgIpc) is 1.94. The Morgan fingerprint density at radius 2 is 1.19 bits per heavy atom. The summed E-state index contributed by atoms with van der Waals surface area (Å²) in [5.74, 6) is -1.74. The van der Waals surface area contributed by atoms with Gasteiger partial charge >= 0.3 is 11.9 Å². The van der Waals surface area contributed by atoms with E-state index in [1.54, 1.807) is 0 Å². The number of carbonyl (C=O) groups is 2. The molecule has 1 aliphatic heterocycles. The maximum Gasteiger partial charge on any atom is 0.303 e. The first-order valence-corrected chi connectivity index (χ1v) is 4.77. The van der Waals surface area contributed by atoms with Crippen LogP contribution in [0.3, 0.4) is 0 Å². The predicted molar refractivity (Wildman–Crippen MR) is 58.5 cm³/mol. The number of unbranched alkanes of at least 4 members (excludes halogenated alkanes) is 1. The van der Waals surface area contributed by atoms with Gasteiger partial charge in [-0.25, -0.2) is 0 Å². The van der Waals surface area contributed by atoms with Gasteiger partial charge in [0.15, 0.2) is 0 Å². The standard InChI is InChI=1S/C6H10O4.C3H7N.2H2O/c7-5(8)3-1-2-4-6(9)10;1-2-4-3-1;;/h1-4H2,(H,7,8)(H,9,10);4H,1-3H2;2*1H2. The van der Waals surface area contributed by atoms with E-state index < -0.39 is 11.9 Å². The maximum absolute atomic E-state index is 9.90. The fraction of sp³-hybridized carbons (Fsp3) is 0.778. The van der Waals surface area contributed by atoms with Gasteiger partial charge < -0.3 is 26.5 Å². The van der Waals surface area contributed by atoms with E-state index in [1.807, 2.05) is 0 Å². The highest BCUT2D eigenvalue weighted by molar-refractivity contribution is 5.67. The molecule has 0 saturated carbocycles. The van der Waals surface area contributed by atoms with Crippen LogP contribution >= 0.6 is 0 Å². The first kappa shape index (κ1) is 20.3. The molecule has 0 unspecified atom stereocenters. The van der Waals surface area contributed by atoms with Crippen LogP contribution in [0.1, 0.15) is 32.1 Å². The predicted octanol–water partition coefficient (Wildman–Crippen LogP) is -0.954. The molecule has 0 aromatic rings. The maximum atomic E-state index is 9.90. The zero-order valence-electron chi connectivity index (χ0n) is 9.16. The summed E-state index contributed by atoms with van der Waals surface area (Å²) in [5.41, 5.74) is 0. The van der Waals surface area contributed by atoms with Gasteiger partial charge in [0, 0.05) is 12.8 Å².